The van der Waals surface area contributed by atoms with Crippen LogP contribution in [0.1, 0.15) is 11.1 Å². The van der Waals surface area contributed by atoms with Crippen molar-refractivity contribution in [2.24, 2.45) is 0 Å². The second-order valence-corrected chi connectivity index (χ2v) is 5.82. The van der Waals surface area contributed by atoms with Gasteiger partial charge in [-0.05, 0) is 11.1 Å². The Bertz CT molecular complexity index is 604. The standard InChI is InChI=1S/C19H22O5/c20-17-18(23-12-15-9-5-2-6-10-15)16(24-19(17)21)13-22-11-14-7-3-1-4-8-14/h1-10,16-21H,11-13H2/t16-,17-,18+,19?/m0/s1. The fourth-order valence-electron chi connectivity index (χ4n) is 2.69. The lowest BCUT2D eigenvalue weighted by Gasteiger charge is -2.20. The van der Waals surface area contributed by atoms with E-state index in [0.29, 0.717) is 13.2 Å². The molecule has 0 aromatic heterocycles. The minimum absolute atomic E-state index is 0.239. The molecule has 1 fully saturated rings. The topological polar surface area (TPSA) is 68.2 Å². The Morgan fingerprint density at radius 1 is 0.833 bits per heavy atom. The van der Waals surface area contributed by atoms with Gasteiger partial charge in [-0.25, -0.2) is 0 Å². The van der Waals surface area contributed by atoms with Crippen molar-refractivity contribution in [2.75, 3.05) is 6.61 Å². The van der Waals surface area contributed by atoms with Crippen LogP contribution in [-0.4, -0.2) is 41.4 Å². The molecule has 128 valence electrons. The van der Waals surface area contributed by atoms with Crippen molar-refractivity contribution in [3.8, 4) is 0 Å². The van der Waals surface area contributed by atoms with Gasteiger partial charge in [0.25, 0.3) is 0 Å². The van der Waals surface area contributed by atoms with Crippen molar-refractivity contribution in [3.05, 3.63) is 71.8 Å². The Morgan fingerprint density at radius 3 is 2.04 bits per heavy atom. The molecule has 1 aliphatic rings. The van der Waals surface area contributed by atoms with Gasteiger partial charge in [0.2, 0.25) is 0 Å². The summed E-state index contributed by atoms with van der Waals surface area (Å²) in [6, 6.07) is 19.5. The Kier molecular flexibility index (Phi) is 5.96. The highest BCUT2D eigenvalue weighted by atomic mass is 16.7. The summed E-state index contributed by atoms with van der Waals surface area (Å²) in [4.78, 5) is 0. The molecule has 1 saturated heterocycles. The van der Waals surface area contributed by atoms with Crippen LogP contribution in [0.5, 0.6) is 0 Å². The number of rotatable bonds is 7. The van der Waals surface area contributed by atoms with Crippen LogP contribution in [0.4, 0.5) is 0 Å². The summed E-state index contributed by atoms with van der Waals surface area (Å²) in [5, 5.41) is 19.8. The molecule has 2 N–H and O–H groups in total. The molecule has 0 aliphatic carbocycles. The molecule has 0 amide bonds. The van der Waals surface area contributed by atoms with Crippen LogP contribution in [0.25, 0.3) is 0 Å². The van der Waals surface area contributed by atoms with Crippen LogP contribution in [-0.2, 0) is 27.4 Å². The predicted molar refractivity (Wildman–Crippen MR) is 88.0 cm³/mol. The molecular weight excluding hydrogens is 308 g/mol. The summed E-state index contributed by atoms with van der Waals surface area (Å²) in [5.41, 5.74) is 2.05. The number of aliphatic hydroxyl groups excluding tert-OH is 2. The second-order valence-electron chi connectivity index (χ2n) is 5.82. The van der Waals surface area contributed by atoms with Gasteiger partial charge in [0, 0.05) is 0 Å². The SMILES string of the molecule is OC1O[C@@H](COCc2ccccc2)[C@@H](OCc2ccccc2)[C@@H]1O. The largest absolute Gasteiger partial charge is 0.385 e. The van der Waals surface area contributed by atoms with Gasteiger partial charge < -0.3 is 24.4 Å². The van der Waals surface area contributed by atoms with E-state index < -0.39 is 24.6 Å². The maximum absolute atomic E-state index is 10.1. The summed E-state index contributed by atoms with van der Waals surface area (Å²) in [7, 11) is 0. The fraction of sp³-hybridized carbons (Fsp3) is 0.368. The molecule has 2 aromatic rings. The molecule has 0 spiro atoms. The van der Waals surface area contributed by atoms with E-state index in [1.165, 1.54) is 0 Å². The van der Waals surface area contributed by atoms with E-state index in [9.17, 15) is 10.2 Å². The highest BCUT2D eigenvalue weighted by Gasteiger charge is 2.43. The Balaban J connectivity index is 1.52. The summed E-state index contributed by atoms with van der Waals surface area (Å²) < 4.78 is 16.8. The van der Waals surface area contributed by atoms with Crippen molar-refractivity contribution in [1.29, 1.82) is 0 Å². The van der Waals surface area contributed by atoms with Crippen LogP contribution < -0.4 is 0 Å². The smallest absolute Gasteiger partial charge is 0.184 e. The van der Waals surface area contributed by atoms with E-state index >= 15 is 0 Å². The monoisotopic (exact) mass is 330 g/mol. The van der Waals surface area contributed by atoms with Crippen molar-refractivity contribution in [2.45, 2.75) is 37.8 Å². The lowest BCUT2D eigenvalue weighted by atomic mass is 10.1. The van der Waals surface area contributed by atoms with Gasteiger partial charge >= 0.3 is 0 Å². The average Bonchev–Trinajstić information content (AvgIpc) is 2.89. The summed E-state index contributed by atoms with van der Waals surface area (Å²) >= 11 is 0. The third-order valence-corrected chi connectivity index (χ3v) is 3.99. The van der Waals surface area contributed by atoms with E-state index in [2.05, 4.69) is 0 Å². The molecule has 0 bridgehead atoms. The number of aliphatic hydroxyl groups is 2. The van der Waals surface area contributed by atoms with E-state index in [4.69, 9.17) is 14.2 Å². The molecule has 3 rings (SSSR count). The number of hydrogen-bond acceptors (Lipinski definition) is 5. The highest BCUT2D eigenvalue weighted by molar-refractivity contribution is 5.14. The van der Waals surface area contributed by atoms with Crippen LogP contribution >= 0.6 is 0 Å². The lowest BCUT2D eigenvalue weighted by molar-refractivity contribution is -0.137. The van der Waals surface area contributed by atoms with Gasteiger partial charge in [0.1, 0.15) is 18.3 Å². The number of hydrogen-bond donors (Lipinski definition) is 2. The molecular formula is C19H22O5. The van der Waals surface area contributed by atoms with Crippen LogP contribution in [0, 0.1) is 0 Å². The average molecular weight is 330 g/mol. The Morgan fingerprint density at radius 2 is 1.42 bits per heavy atom. The minimum Gasteiger partial charge on any atom is -0.385 e. The van der Waals surface area contributed by atoms with Gasteiger partial charge in [-0.2, -0.15) is 0 Å². The quantitative estimate of drug-likeness (QED) is 0.811. The molecule has 1 unspecified atom stereocenters. The molecule has 4 atom stereocenters. The molecule has 1 aliphatic heterocycles. The van der Waals surface area contributed by atoms with Gasteiger partial charge in [0.05, 0.1) is 19.8 Å². The Hall–Kier alpha value is -1.76. The first-order chi connectivity index (χ1) is 11.7. The zero-order valence-corrected chi connectivity index (χ0v) is 13.3. The fourth-order valence-corrected chi connectivity index (χ4v) is 2.69. The van der Waals surface area contributed by atoms with E-state index in [1.54, 1.807) is 0 Å². The first-order valence-corrected chi connectivity index (χ1v) is 8.03. The number of benzene rings is 2. The second kappa shape index (κ2) is 8.37. The van der Waals surface area contributed by atoms with Crippen LogP contribution in [0.15, 0.2) is 60.7 Å². The zero-order chi connectivity index (χ0) is 16.8. The molecule has 0 saturated carbocycles. The zero-order valence-electron chi connectivity index (χ0n) is 13.3. The van der Waals surface area contributed by atoms with E-state index in [0.717, 1.165) is 11.1 Å². The van der Waals surface area contributed by atoms with Crippen molar-refractivity contribution in [3.63, 3.8) is 0 Å². The third kappa shape index (κ3) is 4.41. The molecule has 1 heterocycles. The first kappa shape index (κ1) is 17.1. The minimum atomic E-state index is -1.25. The van der Waals surface area contributed by atoms with Gasteiger partial charge in [-0.3, -0.25) is 0 Å². The molecule has 0 radical (unpaired) electrons. The first-order valence-electron chi connectivity index (χ1n) is 8.03. The van der Waals surface area contributed by atoms with E-state index in [1.807, 2.05) is 60.7 Å². The summed E-state index contributed by atoms with van der Waals surface area (Å²) in [5.74, 6) is 0. The molecule has 24 heavy (non-hydrogen) atoms. The maximum atomic E-state index is 10.1. The maximum Gasteiger partial charge on any atom is 0.184 e. The lowest BCUT2D eigenvalue weighted by Crippen LogP contribution is -2.37. The molecule has 5 heteroatoms. The van der Waals surface area contributed by atoms with Gasteiger partial charge in [0.15, 0.2) is 6.29 Å². The van der Waals surface area contributed by atoms with Crippen molar-refractivity contribution in [1.82, 2.24) is 0 Å². The summed E-state index contributed by atoms with van der Waals surface area (Å²) in [6.45, 7) is 1.02. The van der Waals surface area contributed by atoms with Crippen LogP contribution in [0.3, 0.4) is 0 Å². The summed E-state index contributed by atoms with van der Waals surface area (Å²) in [6.07, 6.45) is -3.48. The van der Waals surface area contributed by atoms with Crippen LogP contribution in [0.2, 0.25) is 0 Å². The van der Waals surface area contributed by atoms with E-state index in [-0.39, 0.29) is 6.61 Å². The highest BCUT2D eigenvalue weighted by Crippen LogP contribution is 2.24. The predicted octanol–water partition coefficient (Wildman–Crippen LogP) is 1.87. The van der Waals surface area contributed by atoms with Crippen molar-refractivity contribution >= 4 is 0 Å². The van der Waals surface area contributed by atoms with Gasteiger partial charge in [-0.15, -0.1) is 0 Å². The molecule has 2 aromatic carbocycles. The normalized spacial score (nSPS) is 26.6. The van der Waals surface area contributed by atoms with Gasteiger partial charge in [-0.1, -0.05) is 60.7 Å². The number of ether oxygens (including phenoxy) is 3. The molecule has 5 nitrogen and oxygen atoms in total. The third-order valence-electron chi connectivity index (χ3n) is 3.99. The van der Waals surface area contributed by atoms with Crippen molar-refractivity contribution < 1.29 is 24.4 Å². The Labute approximate surface area is 141 Å².